The second-order valence-corrected chi connectivity index (χ2v) is 7.04. The first-order valence-corrected chi connectivity index (χ1v) is 8.29. The zero-order valence-electron chi connectivity index (χ0n) is 11.8. The summed E-state index contributed by atoms with van der Waals surface area (Å²) in [7, 11) is -3.80. The minimum absolute atomic E-state index is 0.00255. The number of carboxylic acid groups (broad SMARTS) is 1. The summed E-state index contributed by atoms with van der Waals surface area (Å²) in [4.78, 5) is 11.2. The Morgan fingerprint density at radius 2 is 2.10 bits per heavy atom. The molecule has 6 nitrogen and oxygen atoms in total. The van der Waals surface area contributed by atoms with E-state index in [1.165, 1.54) is 29.4 Å². The highest BCUT2D eigenvalue weighted by atomic mass is 32.2. The van der Waals surface area contributed by atoms with E-state index >= 15 is 0 Å². The maximum atomic E-state index is 12.8. The van der Waals surface area contributed by atoms with Gasteiger partial charge in [-0.1, -0.05) is 12.5 Å². The molecule has 116 valence electrons. The quantitative estimate of drug-likeness (QED) is 0.871. The van der Waals surface area contributed by atoms with Crippen molar-refractivity contribution in [3.8, 4) is 0 Å². The number of aromatic carboxylic acids is 1. The van der Waals surface area contributed by atoms with Gasteiger partial charge in [0.25, 0.3) is 0 Å². The number of rotatable bonds is 4. The topological polar surface area (TPSA) is 94.9 Å². The summed E-state index contributed by atoms with van der Waals surface area (Å²) in [5, 5.41) is 18.5. The molecule has 1 fully saturated rings. The van der Waals surface area contributed by atoms with Crippen LogP contribution in [0.15, 0.2) is 23.1 Å². The standard InChI is InChI=1S/C14H19NO5S/c1-10-12(14(17)18)6-4-7-13(10)21(19,20)15-8-3-2-5-11(15)9-16/h4,6-7,11,16H,2-3,5,8-9H2,1H3,(H,17,18). The van der Waals surface area contributed by atoms with E-state index in [0.29, 0.717) is 13.0 Å². The zero-order chi connectivity index (χ0) is 15.6. The van der Waals surface area contributed by atoms with Gasteiger partial charge in [0, 0.05) is 12.6 Å². The van der Waals surface area contributed by atoms with Crippen LogP contribution in [0.4, 0.5) is 0 Å². The van der Waals surface area contributed by atoms with Crippen LogP contribution in [0.3, 0.4) is 0 Å². The van der Waals surface area contributed by atoms with E-state index < -0.39 is 22.0 Å². The normalized spacial score (nSPS) is 20.4. The van der Waals surface area contributed by atoms with E-state index in [0.717, 1.165) is 12.8 Å². The number of carboxylic acids is 1. The van der Waals surface area contributed by atoms with Crippen molar-refractivity contribution in [2.75, 3.05) is 13.2 Å². The molecule has 7 heteroatoms. The average Bonchev–Trinajstić information content (AvgIpc) is 2.46. The lowest BCUT2D eigenvalue weighted by molar-refractivity contribution is 0.0695. The second kappa shape index (κ2) is 6.13. The molecule has 0 aliphatic carbocycles. The van der Waals surface area contributed by atoms with Gasteiger partial charge in [0.05, 0.1) is 17.1 Å². The van der Waals surface area contributed by atoms with E-state index in [-0.39, 0.29) is 22.6 Å². The van der Waals surface area contributed by atoms with E-state index in [1.807, 2.05) is 0 Å². The van der Waals surface area contributed by atoms with Crippen LogP contribution in [0.2, 0.25) is 0 Å². The number of nitrogens with zero attached hydrogens (tertiary/aromatic N) is 1. The molecule has 2 N–H and O–H groups in total. The van der Waals surface area contributed by atoms with Crippen LogP contribution in [0.5, 0.6) is 0 Å². The molecular weight excluding hydrogens is 294 g/mol. The first-order chi connectivity index (χ1) is 9.89. The Labute approximate surface area is 124 Å². The van der Waals surface area contributed by atoms with Crippen molar-refractivity contribution >= 4 is 16.0 Å². The SMILES string of the molecule is Cc1c(C(=O)O)cccc1S(=O)(=O)N1CCCCC1CO. The molecule has 0 aromatic heterocycles. The molecule has 2 rings (SSSR count). The van der Waals surface area contributed by atoms with Crippen LogP contribution in [0, 0.1) is 6.92 Å². The predicted octanol–water partition coefficient (Wildman–Crippen LogP) is 1.23. The molecule has 21 heavy (non-hydrogen) atoms. The van der Waals surface area contributed by atoms with Crippen LogP contribution < -0.4 is 0 Å². The first-order valence-electron chi connectivity index (χ1n) is 6.85. The number of benzene rings is 1. The van der Waals surface area contributed by atoms with Gasteiger partial charge < -0.3 is 10.2 Å². The van der Waals surface area contributed by atoms with Crippen LogP contribution in [-0.4, -0.2) is 48.1 Å². The van der Waals surface area contributed by atoms with E-state index in [4.69, 9.17) is 5.11 Å². The van der Waals surface area contributed by atoms with Crippen molar-refractivity contribution in [3.63, 3.8) is 0 Å². The van der Waals surface area contributed by atoms with Gasteiger partial charge >= 0.3 is 5.97 Å². The summed E-state index contributed by atoms with van der Waals surface area (Å²) in [5.74, 6) is -1.15. The highest BCUT2D eigenvalue weighted by Gasteiger charge is 2.34. The lowest BCUT2D eigenvalue weighted by atomic mass is 10.1. The Morgan fingerprint density at radius 3 is 2.71 bits per heavy atom. The minimum Gasteiger partial charge on any atom is -0.478 e. The lowest BCUT2D eigenvalue weighted by Gasteiger charge is -2.33. The van der Waals surface area contributed by atoms with Gasteiger partial charge in [-0.25, -0.2) is 13.2 Å². The summed E-state index contributed by atoms with van der Waals surface area (Å²) < 4.78 is 26.8. The molecule has 0 spiro atoms. The van der Waals surface area contributed by atoms with Gasteiger partial charge in [-0.05, 0) is 37.5 Å². The molecule has 0 bridgehead atoms. The Balaban J connectivity index is 2.49. The zero-order valence-corrected chi connectivity index (χ0v) is 12.6. The van der Waals surface area contributed by atoms with Crippen LogP contribution >= 0.6 is 0 Å². The molecule has 0 saturated carbocycles. The van der Waals surface area contributed by atoms with Gasteiger partial charge in [0.1, 0.15) is 0 Å². The third-order valence-corrected chi connectivity index (χ3v) is 5.98. The number of piperidine rings is 1. The van der Waals surface area contributed by atoms with Gasteiger partial charge in [0.15, 0.2) is 0 Å². The molecule has 1 heterocycles. The molecule has 1 unspecified atom stereocenters. The summed E-state index contributed by atoms with van der Waals surface area (Å²) in [6.45, 7) is 1.62. The van der Waals surface area contributed by atoms with Crippen LogP contribution in [0.25, 0.3) is 0 Å². The maximum Gasteiger partial charge on any atom is 0.335 e. The van der Waals surface area contributed by atoms with Gasteiger partial charge in [-0.3, -0.25) is 0 Å². The summed E-state index contributed by atoms with van der Waals surface area (Å²) >= 11 is 0. The molecule has 1 aromatic carbocycles. The second-order valence-electron chi connectivity index (χ2n) is 5.18. The maximum absolute atomic E-state index is 12.8. The minimum atomic E-state index is -3.80. The van der Waals surface area contributed by atoms with Crippen molar-refractivity contribution in [2.24, 2.45) is 0 Å². The largest absolute Gasteiger partial charge is 0.478 e. The molecule has 1 atom stereocenters. The molecule has 1 aliphatic rings. The number of aliphatic hydroxyl groups excluding tert-OH is 1. The summed E-state index contributed by atoms with van der Waals surface area (Å²) in [6.07, 6.45) is 2.24. The molecule has 0 radical (unpaired) electrons. The fourth-order valence-corrected chi connectivity index (χ4v) is 4.66. The van der Waals surface area contributed by atoms with Gasteiger partial charge in [0.2, 0.25) is 10.0 Å². The Hall–Kier alpha value is -1.44. The van der Waals surface area contributed by atoms with Crippen LogP contribution in [-0.2, 0) is 10.0 Å². The smallest absolute Gasteiger partial charge is 0.335 e. The molecular formula is C14H19NO5S. The average molecular weight is 313 g/mol. The number of hydrogen-bond donors (Lipinski definition) is 2. The summed E-state index contributed by atoms with van der Waals surface area (Å²) in [5.41, 5.74) is 0.209. The Kier molecular flexibility index (Phi) is 4.65. The van der Waals surface area contributed by atoms with E-state index in [9.17, 15) is 18.3 Å². The van der Waals surface area contributed by atoms with Crippen molar-refractivity contribution in [2.45, 2.75) is 37.1 Å². The van der Waals surface area contributed by atoms with Crippen molar-refractivity contribution in [1.82, 2.24) is 4.31 Å². The third kappa shape index (κ3) is 2.95. The number of hydrogen-bond acceptors (Lipinski definition) is 4. The molecule has 1 saturated heterocycles. The highest BCUT2D eigenvalue weighted by molar-refractivity contribution is 7.89. The van der Waals surface area contributed by atoms with Crippen molar-refractivity contribution < 1.29 is 23.4 Å². The highest BCUT2D eigenvalue weighted by Crippen LogP contribution is 2.28. The molecule has 0 amide bonds. The fourth-order valence-electron chi connectivity index (χ4n) is 2.72. The molecule has 1 aromatic rings. The van der Waals surface area contributed by atoms with Gasteiger partial charge in [-0.2, -0.15) is 4.31 Å². The Bertz CT molecular complexity index is 641. The first kappa shape index (κ1) is 15.9. The monoisotopic (exact) mass is 313 g/mol. The van der Waals surface area contributed by atoms with Gasteiger partial charge in [-0.15, -0.1) is 0 Å². The van der Waals surface area contributed by atoms with E-state index in [2.05, 4.69) is 0 Å². The van der Waals surface area contributed by atoms with Crippen LogP contribution in [0.1, 0.15) is 35.2 Å². The number of carbonyl (C=O) groups is 1. The number of sulfonamides is 1. The van der Waals surface area contributed by atoms with Crippen molar-refractivity contribution in [1.29, 1.82) is 0 Å². The molecule has 1 aliphatic heterocycles. The van der Waals surface area contributed by atoms with E-state index in [1.54, 1.807) is 0 Å². The fraction of sp³-hybridized carbons (Fsp3) is 0.500. The third-order valence-electron chi connectivity index (χ3n) is 3.89. The summed E-state index contributed by atoms with van der Waals surface area (Å²) in [6, 6.07) is 3.80. The number of aliphatic hydroxyl groups is 1. The predicted molar refractivity (Wildman–Crippen MR) is 76.8 cm³/mol. The lowest BCUT2D eigenvalue weighted by Crippen LogP contribution is -2.45. The Morgan fingerprint density at radius 1 is 1.38 bits per heavy atom. The van der Waals surface area contributed by atoms with Crippen molar-refractivity contribution in [3.05, 3.63) is 29.3 Å².